The van der Waals surface area contributed by atoms with Crippen LogP contribution in [-0.2, 0) is 23.3 Å². The average Bonchev–Trinajstić information content (AvgIpc) is 3.29. The predicted molar refractivity (Wildman–Crippen MR) is 141 cm³/mol. The smallest absolute Gasteiger partial charge is 0.0279 e. The zero-order valence-electron chi connectivity index (χ0n) is 20.8. The molecule has 0 spiro atoms. The van der Waals surface area contributed by atoms with Crippen molar-refractivity contribution in [2.24, 2.45) is 0 Å². The zero-order chi connectivity index (χ0) is 23.3. The van der Waals surface area contributed by atoms with E-state index in [-0.39, 0.29) is 30.2 Å². The van der Waals surface area contributed by atoms with Gasteiger partial charge in [-0.1, -0.05) is 73.0 Å². The Labute approximate surface area is 232 Å². The van der Waals surface area contributed by atoms with E-state index in [1.807, 2.05) is 0 Å². The van der Waals surface area contributed by atoms with E-state index in [9.17, 15) is 0 Å². The molecule has 0 atom stereocenters. The van der Waals surface area contributed by atoms with E-state index in [0.717, 1.165) is 0 Å². The molecule has 0 heterocycles. The van der Waals surface area contributed by atoms with Gasteiger partial charge >= 0.3 is 41.9 Å². The summed E-state index contributed by atoms with van der Waals surface area (Å²) in [4.78, 5) is 0. The minimum atomic E-state index is 0. The van der Waals surface area contributed by atoms with E-state index in [1.54, 1.807) is 23.3 Å². The number of rotatable bonds is 1. The molecule has 5 aromatic rings. The number of fused-ring (bicyclic) bond motifs is 2. The second-order valence-electron chi connectivity index (χ2n) is 8.82. The van der Waals surface area contributed by atoms with Gasteiger partial charge in [-0.05, 0) is 19.4 Å². The van der Waals surface area contributed by atoms with Crippen LogP contribution in [0.1, 0.15) is 22.3 Å². The van der Waals surface area contributed by atoms with Crippen LogP contribution in [0.25, 0.3) is 32.7 Å². The topological polar surface area (TPSA) is 0 Å². The Morgan fingerprint density at radius 1 is 0.647 bits per heavy atom. The van der Waals surface area contributed by atoms with Crippen LogP contribution in [0.5, 0.6) is 0 Å². The summed E-state index contributed by atoms with van der Waals surface area (Å²) >= 11 is 1.74. The molecular formula is C30H32Cl2SiZr-2. The first-order chi connectivity index (χ1) is 15.2. The van der Waals surface area contributed by atoms with Gasteiger partial charge in [-0.2, -0.15) is 12.1 Å². The number of aryl methyl sites for hydroxylation is 4. The molecule has 0 aliphatic carbocycles. The van der Waals surface area contributed by atoms with Crippen molar-refractivity contribution in [2.75, 3.05) is 0 Å². The van der Waals surface area contributed by atoms with Gasteiger partial charge in [0.25, 0.3) is 0 Å². The fourth-order valence-corrected chi connectivity index (χ4v) is 4.10. The quantitative estimate of drug-likeness (QED) is 0.211. The Bertz CT molecular complexity index is 1340. The van der Waals surface area contributed by atoms with E-state index in [2.05, 4.69) is 126 Å². The van der Waals surface area contributed by atoms with Crippen molar-refractivity contribution in [2.45, 2.75) is 40.8 Å². The Hall–Kier alpha value is -1.44. The van der Waals surface area contributed by atoms with Gasteiger partial charge in [-0.15, -0.1) is 63.0 Å². The third kappa shape index (κ3) is 8.35. The molecule has 0 fully saturated rings. The van der Waals surface area contributed by atoms with Gasteiger partial charge in [0.1, 0.15) is 0 Å². The Kier molecular flexibility index (Phi) is 12.8. The fraction of sp³-hybridized carbons (Fsp3) is 0.200. The number of halogens is 2. The van der Waals surface area contributed by atoms with Gasteiger partial charge in [0.15, 0.2) is 0 Å². The van der Waals surface area contributed by atoms with Gasteiger partial charge in [0.05, 0.1) is 0 Å². The molecule has 5 rings (SSSR count). The first kappa shape index (κ1) is 30.6. The van der Waals surface area contributed by atoms with Crippen molar-refractivity contribution in [3.05, 3.63) is 107 Å². The van der Waals surface area contributed by atoms with Crippen molar-refractivity contribution in [3.8, 4) is 11.1 Å². The molecule has 0 unspecified atom stereocenters. The Morgan fingerprint density at radius 3 is 1.82 bits per heavy atom. The normalized spacial score (nSPS) is 9.76. The van der Waals surface area contributed by atoms with E-state index >= 15 is 0 Å². The standard InChI is InChI=1S/C16H13.C12H13.C2H6Si.2ClH.Zr/c1-12-10-14-8-5-9-15(16(14)11-12)13-6-3-2-4-7-13;1-8-4-10(3)12-7-9(2)6-11(12)5-8;1-3-2;;;/h2-11H,1H3;4-7H,1-3H3;1-2H3;2*1H;/q2*-1;;;;+2/p-2. The zero-order valence-corrected chi connectivity index (χ0v) is 25.8. The third-order valence-corrected chi connectivity index (χ3v) is 5.30. The van der Waals surface area contributed by atoms with Crippen molar-refractivity contribution in [3.63, 3.8) is 0 Å². The first-order valence-electron chi connectivity index (χ1n) is 11.1. The molecule has 0 aliphatic rings. The molecular weight excluding hydrogens is 551 g/mol. The monoisotopic (exact) mass is 580 g/mol. The number of hydrogen-bond donors (Lipinski definition) is 0. The minimum Gasteiger partial charge on any atom is -1.00 e. The molecule has 34 heavy (non-hydrogen) atoms. The molecule has 0 bridgehead atoms. The minimum absolute atomic E-state index is 0. The first-order valence-corrected chi connectivity index (χ1v) is 17.3. The summed E-state index contributed by atoms with van der Waals surface area (Å²) in [6.45, 7) is 13.2. The SMILES string of the molecule is C[Si](C)=[Zr+2].Cc1cc(C)c2cc(C)[cH-]c2c1.Cc1cc2c(-c3ccccc3)cccc2[cH-]1.[Cl-].[Cl-]. The molecule has 0 radical (unpaired) electrons. The van der Waals surface area contributed by atoms with E-state index in [4.69, 9.17) is 0 Å². The molecule has 176 valence electrons. The summed E-state index contributed by atoms with van der Waals surface area (Å²) in [7, 11) is 0. The summed E-state index contributed by atoms with van der Waals surface area (Å²) < 4.78 is 0. The maximum atomic E-state index is 2.31. The van der Waals surface area contributed by atoms with E-state index in [0.29, 0.717) is 0 Å². The molecule has 5 aromatic carbocycles. The fourth-order valence-electron chi connectivity index (χ4n) is 4.10. The molecule has 0 aromatic heterocycles. The summed E-state index contributed by atoms with van der Waals surface area (Å²) in [5, 5.41) is 5.47. The van der Waals surface area contributed by atoms with Crippen molar-refractivity contribution >= 4 is 27.0 Å². The molecule has 0 amide bonds. The molecule has 0 saturated heterocycles. The Morgan fingerprint density at radius 2 is 1.21 bits per heavy atom. The summed E-state index contributed by atoms with van der Waals surface area (Å²) in [5.74, 6) is 0. The van der Waals surface area contributed by atoms with Crippen LogP contribution < -0.4 is 24.8 Å². The molecule has 4 heteroatoms. The Balaban J connectivity index is 0.000000287. The van der Waals surface area contributed by atoms with Crippen LogP contribution in [0.3, 0.4) is 0 Å². The summed E-state index contributed by atoms with van der Waals surface area (Å²) in [5.41, 5.74) is 8.26. The van der Waals surface area contributed by atoms with E-state index < -0.39 is 0 Å². The van der Waals surface area contributed by atoms with E-state index in [1.165, 1.54) is 54.9 Å². The summed E-state index contributed by atoms with van der Waals surface area (Å²) in [6.07, 6.45) is 0. The van der Waals surface area contributed by atoms with Gasteiger partial charge in [0, 0.05) is 0 Å². The van der Waals surface area contributed by atoms with Crippen LogP contribution in [0.15, 0.2) is 84.9 Å². The second kappa shape index (κ2) is 14.2. The molecule has 0 aliphatic heterocycles. The van der Waals surface area contributed by atoms with Gasteiger partial charge < -0.3 is 24.8 Å². The van der Waals surface area contributed by atoms with Crippen LogP contribution in [0.2, 0.25) is 13.1 Å². The van der Waals surface area contributed by atoms with Crippen molar-refractivity contribution in [1.29, 1.82) is 0 Å². The van der Waals surface area contributed by atoms with Crippen LogP contribution >= 0.6 is 0 Å². The molecule has 0 saturated carbocycles. The van der Waals surface area contributed by atoms with Crippen LogP contribution in [0, 0.1) is 27.7 Å². The molecule has 0 nitrogen and oxygen atoms in total. The average molecular weight is 583 g/mol. The third-order valence-electron chi connectivity index (χ3n) is 5.30. The van der Waals surface area contributed by atoms with Crippen molar-refractivity contribution < 1.29 is 48.1 Å². The maximum absolute atomic E-state index is 2.31. The van der Waals surface area contributed by atoms with Crippen LogP contribution in [-0.4, -0.2) is 5.43 Å². The van der Waals surface area contributed by atoms with Crippen LogP contribution in [0.4, 0.5) is 0 Å². The summed E-state index contributed by atoms with van der Waals surface area (Å²) in [6, 6.07) is 30.5. The van der Waals surface area contributed by atoms with Gasteiger partial charge in [-0.3, -0.25) is 0 Å². The maximum Gasteiger partial charge on any atom is -0.0279 e. The largest absolute Gasteiger partial charge is 1.00 e. The molecule has 0 N–H and O–H groups in total. The van der Waals surface area contributed by atoms with Crippen molar-refractivity contribution in [1.82, 2.24) is 0 Å². The van der Waals surface area contributed by atoms with Gasteiger partial charge in [0.2, 0.25) is 0 Å². The second-order valence-corrected chi connectivity index (χ2v) is 18.2. The predicted octanol–water partition coefficient (Wildman–Crippen LogP) is 2.81. The number of hydrogen-bond acceptors (Lipinski definition) is 0. The van der Waals surface area contributed by atoms with Gasteiger partial charge in [-0.25, -0.2) is 0 Å². The number of benzene rings is 3.